The molecule has 0 spiro atoms. The fraction of sp³-hybridized carbons (Fsp3) is 0.750. The largest absolute Gasteiger partial charge is 0.481 e. The van der Waals surface area contributed by atoms with Gasteiger partial charge in [-0.3, -0.25) is 9.59 Å². The van der Waals surface area contributed by atoms with Gasteiger partial charge in [-0.1, -0.05) is 20.3 Å². The van der Waals surface area contributed by atoms with E-state index in [1.54, 1.807) is 6.92 Å². The third-order valence-corrected chi connectivity index (χ3v) is 1.85. The molecule has 0 heterocycles. The first-order valence-electron chi connectivity index (χ1n) is 3.96. The van der Waals surface area contributed by atoms with Gasteiger partial charge in [0.25, 0.3) is 0 Å². The van der Waals surface area contributed by atoms with Crippen molar-refractivity contribution in [3.05, 3.63) is 0 Å². The number of hydrogen-bond acceptors (Lipinski definition) is 2. The number of carboxylic acids is 2. The molecule has 0 amide bonds. The zero-order valence-corrected chi connectivity index (χ0v) is 7.28. The summed E-state index contributed by atoms with van der Waals surface area (Å²) in [7, 11) is 0. The van der Waals surface area contributed by atoms with Gasteiger partial charge in [0.1, 0.15) is 0 Å². The van der Waals surface area contributed by atoms with E-state index in [4.69, 9.17) is 10.2 Å². The van der Waals surface area contributed by atoms with Crippen molar-refractivity contribution in [1.29, 1.82) is 0 Å². The molecule has 0 aromatic rings. The van der Waals surface area contributed by atoms with E-state index in [2.05, 4.69) is 0 Å². The normalized spacial score (nSPS) is 12.9. The maximum Gasteiger partial charge on any atom is 0.318 e. The van der Waals surface area contributed by atoms with Crippen LogP contribution in [0.4, 0.5) is 0 Å². The zero-order valence-electron chi connectivity index (χ0n) is 7.28. The first kappa shape index (κ1) is 10.9. The highest BCUT2D eigenvalue weighted by Gasteiger charge is 2.30. The Hall–Kier alpha value is -1.06. The van der Waals surface area contributed by atoms with E-state index in [0.29, 0.717) is 6.42 Å². The Bertz CT molecular complexity index is 162. The fourth-order valence-corrected chi connectivity index (χ4v) is 1.21. The number of carbonyl (C=O) groups is 2. The van der Waals surface area contributed by atoms with Gasteiger partial charge < -0.3 is 10.2 Å². The van der Waals surface area contributed by atoms with Gasteiger partial charge in [0.2, 0.25) is 0 Å². The molecule has 2 N–H and O–H groups in total. The van der Waals surface area contributed by atoms with Gasteiger partial charge >= 0.3 is 11.9 Å². The standard InChI is InChI=1S/C8H14O4/c1-3-4-5(2)6(7(9)10)8(11)12/h5-6H,3-4H2,1-2H3,(H,9,10)(H,11,12)/t5-/m0/s1. The second-order valence-corrected chi connectivity index (χ2v) is 2.92. The van der Waals surface area contributed by atoms with Crippen molar-refractivity contribution in [2.75, 3.05) is 0 Å². The molecule has 0 bridgehead atoms. The molecule has 0 aromatic carbocycles. The van der Waals surface area contributed by atoms with Crippen LogP contribution in [0.2, 0.25) is 0 Å². The molecule has 0 aromatic heterocycles. The van der Waals surface area contributed by atoms with E-state index in [1.807, 2.05) is 6.92 Å². The first-order chi connectivity index (χ1) is 5.50. The van der Waals surface area contributed by atoms with Crippen molar-refractivity contribution in [3.63, 3.8) is 0 Å². The molecule has 4 nitrogen and oxygen atoms in total. The van der Waals surface area contributed by atoms with Gasteiger partial charge in [-0.2, -0.15) is 0 Å². The van der Waals surface area contributed by atoms with Crippen molar-refractivity contribution in [3.8, 4) is 0 Å². The van der Waals surface area contributed by atoms with Crippen LogP contribution in [0.3, 0.4) is 0 Å². The molecular weight excluding hydrogens is 160 g/mol. The number of hydrogen-bond donors (Lipinski definition) is 2. The Morgan fingerprint density at radius 3 is 1.92 bits per heavy atom. The van der Waals surface area contributed by atoms with Crippen LogP contribution in [0.1, 0.15) is 26.7 Å². The molecule has 0 aliphatic heterocycles. The van der Waals surface area contributed by atoms with Crippen molar-refractivity contribution in [2.24, 2.45) is 11.8 Å². The Balaban J connectivity index is 4.29. The first-order valence-corrected chi connectivity index (χ1v) is 3.96. The number of aliphatic carboxylic acids is 2. The lowest BCUT2D eigenvalue weighted by molar-refractivity contribution is -0.157. The molecule has 0 unspecified atom stereocenters. The summed E-state index contributed by atoms with van der Waals surface area (Å²) in [6.45, 7) is 3.55. The highest BCUT2D eigenvalue weighted by molar-refractivity contribution is 5.93. The smallest absolute Gasteiger partial charge is 0.318 e. The Labute approximate surface area is 71.2 Å². The van der Waals surface area contributed by atoms with Crippen LogP contribution in [0.15, 0.2) is 0 Å². The van der Waals surface area contributed by atoms with Gasteiger partial charge in [-0.25, -0.2) is 0 Å². The van der Waals surface area contributed by atoms with E-state index in [-0.39, 0.29) is 5.92 Å². The zero-order chi connectivity index (χ0) is 9.72. The Morgan fingerprint density at radius 2 is 1.67 bits per heavy atom. The summed E-state index contributed by atoms with van der Waals surface area (Å²) in [5.74, 6) is -4.05. The third kappa shape index (κ3) is 2.90. The SMILES string of the molecule is CCC[C@H](C)C(C(=O)O)C(=O)O. The van der Waals surface area contributed by atoms with Gasteiger partial charge in [0.05, 0.1) is 0 Å². The van der Waals surface area contributed by atoms with Crippen LogP contribution >= 0.6 is 0 Å². The summed E-state index contributed by atoms with van der Waals surface area (Å²) in [4.78, 5) is 21.0. The topological polar surface area (TPSA) is 74.6 Å². The van der Waals surface area contributed by atoms with Gasteiger partial charge in [-0.15, -0.1) is 0 Å². The van der Waals surface area contributed by atoms with Crippen molar-refractivity contribution >= 4 is 11.9 Å². The van der Waals surface area contributed by atoms with Gasteiger partial charge in [0, 0.05) is 0 Å². The fourth-order valence-electron chi connectivity index (χ4n) is 1.21. The second-order valence-electron chi connectivity index (χ2n) is 2.92. The molecule has 0 radical (unpaired) electrons. The van der Waals surface area contributed by atoms with Gasteiger partial charge in [0.15, 0.2) is 5.92 Å². The number of rotatable bonds is 5. The van der Waals surface area contributed by atoms with Gasteiger partial charge in [-0.05, 0) is 12.3 Å². The lowest BCUT2D eigenvalue weighted by Gasteiger charge is -2.14. The summed E-state index contributed by atoms with van der Waals surface area (Å²) in [5, 5.41) is 17.1. The molecule has 0 fully saturated rings. The molecule has 0 saturated carbocycles. The summed E-state index contributed by atoms with van der Waals surface area (Å²) < 4.78 is 0. The Morgan fingerprint density at radius 1 is 1.25 bits per heavy atom. The Kier molecular flexibility index (Phi) is 4.33. The van der Waals surface area contributed by atoms with E-state index in [1.165, 1.54) is 0 Å². The van der Waals surface area contributed by atoms with Crippen molar-refractivity contribution < 1.29 is 19.8 Å². The second kappa shape index (κ2) is 4.74. The monoisotopic (exact) mass is 174 g/mol. The third-order valence-electron chi connectivity index (χ3n) is 1.85. The predicted octanol–water partition coefficient (Wildman–Crippen LogP) is 1.21. The van der Waals surface area contributed by atoms with E-state index in [0.717, 1.165) is 6.42 Å². The summed E-state index contributed by atoms with van der Waals surface area (Å²) in [5.41, 5.74) is 0. The summed E-state index contributed by atoms with van der Waals surface area (Å²) >= 11 is 0. The molecule has 1 atom stereocenters. The lowest BCUT2D eigenvalue weighted by atomic mass is 9.90. The summed E-state index contributed by atoms with van der Waals surface area (Å²) in [6, 6.07) is 0. The molecule has 4 heteroatoms. The van der Waals surface area contributed by atoms with Crippen molar-refractivity contribution in [2.45, 2.75) is 26.7 Å². The summed E-state index contributed by atoms with van der Waals surface area (Å²) in [6.07, 6.45) is 1.43. The van der Waals surface area contributed by atoms with Crippen molar-refractivity contribution in [1.82, 2.24) is 0 Å². The van der Waals surface area contributed by atoms with E-state index >= 15 is 0 Å². The molecule has 0 aliphatic rings. The predicted molar refractivity (Wildman–Crippen MR) is 42.8 cm³/mol. The quantitative estimate of drug-likeness (QED) is 0.614. The average Bonchev–Trinajstić information content (AvgIpc) is 1.85. The minimum absolute atomic E-state index is 0.301. The van der Waals surface area contributed by atoms with E-state index in [9.17, 15) is 9.59 Å². The molecule has 0 rings (SSSR count). The van der Waals surface area contributed by atoms with Crippen LogP contribution in [0.5, 0.6) is 0 Å². The van der Waals surface area contributed by atoms with E-state index < -0.39 is 17.9 Å². The molecule has 0 saturated heterocycles. The average molecular weight is 174 g/mol. The minimum atomic E-state index is -1.26. The maximum atomic E-state index is 10.5. The maximum absolute atomic E-state index is 10.5. The highest BCUT2D eigenvalue weighted by Crippen LogP contribution is 2.17. The number of carboxylic acid groups (broad SMARTS) is 2. The molecule has 12 heavy (non-hydrogen) atoms. The van der Waals surface area contributed by atoms with Crippen LogP contribution in [0.25, 0.3) is 0 Å². The molecular formula is C8H14O4. The van der Waals surface area contributed by atoms with Crippen LogP contribution in [-0.2, 0) is 9.59 Å². The highest BCUT2D eigenvalue weighted by atomic mass is 16.4. The van der Waals surface area contributed by atoms with Crippen LogP contribution in [0, 0.1) is 11.8 Å². The lowest BCUT2D eigenvalue weighted by Crippen LogP contribution is -2.29. The minimum Gasteiger partial charge on any atom is -0.481 e. The van der Waals surface area contributed by atoms with Crippen LogP contribution < -0.4 is 0 Å². The molecule has 0 aliphatic carbocycles. The van der Waals surface area contributed by atoms with Crippen LogP contribution in [-0.4, -0.2) is 22.2 Å². The molecule has 70 valence electrons.